The Hall–Kier alpha value is -2.40. The maximum Gasteiger partial charge on any atom is 0.219 e. The molecule has 0 spiro atoms. The number of thiazole rings is 1. The van der Waals surface area contributed by atoms with E-state index in [1.807, 2.05) is 57.2 Å². The van der Waals surface area contributed by atoms with Gasteiger partial charge in [0.15, 0.2) is 17.5 Å². The van der Waals surface area contributed by atoms with Crippen LogP contribution in [-0.4, -0.2) is 29.1 Å². The predicted molar refractivity (Wildman–Crippen MR) is 141 cm³/mol. The van der Waals surface area contributed by atoms with E-state index in [0.717, 1.165) is 28.8 Å². The van der Waals surface area contributed by atoms with Crippen LogP contribution in [0.1, 0.15) is 35.0 Å². The van der Waals surface area contributed by atoms with Crippen LogP contribution in [-0.2, 0) is 13.1 Å². The number of pyridine rings is 1. The lowest BCUT2D eigenvalue weighted by molar-refractivity contribution is 0.319. The topological polar surface area (TPSA) is 80.7 Å². The highest BCUT2D eigenvalue weighted by Gasteiger charge is 2.07. The summed E-state index contributed by atoms with van der Waals surface area (Å²) in [7, 11) is 0. The van der Waals surface area contributed by atoms with Crippen molar-refractivity contribution >= 4 is 41.3 Å². The minimum absolute atomic E-state index is 0. The summed E-state index contributed by atoms with van der Waals surface area (Å²) in [4.78, 5) is 14.9. The van der Waals surface area contributed by atoms with E-state index in [-0.39, 0.29) is 24.0 Å². The Morgan fingerprint density at radius 1 is 1.06 bits per heavy atom. The van der Waals surface area contributed by atoms with Crippen molar-refractivity contribution in [1.29, 1.82) is 0 Å². The Labute approximate surface area is 210 Å². The standard InChI is InChI=1S/C23H29N5O2S.HI/c1-5-24-23(27-15-22-28-16(3)17(4)31-22)26-14-18-11-12-21(25-13-18)30-20-10-8-7-9-19(20)29-6-2;/h7-13H,5-6,14-15H2,1-4H3,(H2,24,26,27);1H. The van der Waals surface area contributed by atoms with Gasteiger partial charge in [0.05, 0.1) is 25.4 Å². The molecular weight excluding hydrogens is 537 g/mol. The van der Waals surface area contributed by atoms with E-state index in [0.29, 0.717) is 37.1 Å². The lowest BCUT2D eigenvalue weighted by Crippen LogP contribution is -2.36. The van der Waals surface area contributed by atoms with Gasteiger partial charge >= 0.3 is 0 Å². The van der Waals surface area contributed by atoms with Gasteiger partial charge in [-0.15, -0.1) is 35.3 Å². The molecule has 0 aliphatic rings. The number of para-hydroxylation sites is 2. The van der Waals surface area contributed by atoms with Gasteiger partial charge in [-0.25, -0.2) is 15.0 Å². The summed E-state index contributed by atoms with van der Waals surface area (Å²) in [6.45, 7) is 10.6. The SMILES string of the molecule is CCNC(=NCc1ccc(Oc2ccccc2OCC)nc1)NCc1nc(C)c(C)s1.I. The van der Waals surface area contributed by atoms with Gasteiger partial charge in [0.1, 0.15) is 5.01 Å². The number of hydrogen-bond donors (Lipinski definition) is 2. The number of nitrogens with one attached hydrogen (secondary N) is 2. The normalized spacial score (nSPS) is 10.9. The molecule has 0 radical (unpaired) electrons. The number of halogens is 1. The largest absolute Gasteiger partial charge is 0.490 e. The number of benzene rings is 1. The summed E-state index contributed by atoms with van der Waals surface area (Å²) in [6, 6.07) is 11.4. The minimum atomic E-state index is 0. The minimum Gasteiger partial charge on any atom is -0.490 e. The van der Waals surface area contributed by atoms with E-state index in [4.69, 9.17) is 9.47 Å². The summed E-state index contributed by atoms with van der Waals surface area (Å²) >= 11 is 1.71. The molecule has 0 amide bonds. The van der Waals surface area contributed by atoms with Crippen LogP contribution in [0, 0.1) is 13.8 Å². The van der Waals surface area contributed by atoms with E-state index in [9.17, 15) is 0 Å². The van der Waals surface area contributed by atoms with Gasteiger partial charge in [-0.1, -0.05) is 18.2 Å². The monoisotopic (exact) mass is 567 g/mol. The molecular formula is C23H30IN5O2S. The zero-order valence-corrected chi connectivity index (χ0v) is 22.0. The van der Waals surface area contributed by atoms with E-state index in [2.05, 4.69) is 32.5 Å². The first kappa shape index (κ1) is 25.9. The number of aromatic nitrogens is 2. The van der Waals surface area contributed by atoms with E-state index >= 15 is 0 Å². The molecule has 3 aromatic rings. The highest BCUT2D eigenvalue weighted by Crippen LogP contribution is 2.30. The molecule has 7 nitrogen and oxygen atoms in total. The van der Waals surface area contributed by atoms with Crippen molar-refractivity contribution in [2.24, 2.45) is 4.99 Å². The molecule has 9 heteroatoms. The second-order valence-corrected chi connectivity index (χ2v) is 8.07. The Morgan fingerprint density at radius 3 is 2.47 bits per heavy atom. The molecule has 0 aliphatic carbocycles. The average Bonchev–Trinajstić information content (AvgIpc) is 3.10. The first-order valence-corrected chi connectivity index (χ1v) is 11.2. The van der Waals surface area contributed by atoms with Crippen molar-refractivity contribution in [3.05, 3.63) is 63.7 Å². The fourth-order valence-electron chi connectivity index (χ4n) is 2.77. The molecule has 0 saturated carbocycles. The van der Waals surface area contributed by atoms with Gasteiger partial charge in [-0.05, 0) is 45.4 Å². The number of ether oxygens (including phenoxy) is 2. The molecule has 0 saturated heterocycles. The molecule has 3 rings (SSSR count). The molecule has 2 N–H and O–H groups in total. The van der Waals surface area contributed by atoms with Crippen molar-refractivity contribution in [2.75, 3.05) is 13.2 Å². The molecule has 172 valence electrons. The first-order valence-electron chi connectivity index (χ1n) is 10.4. The smallest absolute Gasteiger partial charge is 0.219 e. The van der Waals surface area contributed by atoms with Crippen LogP contribution in [0.25, 0.3) is 0 Å². The van der Waals surface area contributed by atoms with Gasteiger partial charge in [-0.3, -0.25) is 0 Å². The molecule has 0 atom stereocenters. The molecule has 32 heavy (non-hydrogen) atoms. The van der Waals surface area contributed by atoms with Crippen molar-refractivity contribution in [1.82, 2.24) is 20.6 Å². The molecule has 0 fully saturated rings. The maximum atomic E-state index is 5.88. The third kappa shape index (κ3) is 7.63. The Balaban J connectivity index is 0.00000363. The van der Waals surface area contributed by atoms with Crippen molar-refractivity contribution in [3.8, 4) is 17.4 Å². The van der Waals surface area contributed by atoms with Crippen molar-refractivity contribution in [2.45, 2.75) is 40.8 Å². The van der Waals surface area contributed by atoms with Crippen LogP contribution in [0.5, 0.6) is 17.4 Å². The number of rotatable bonds is 9. The summed E-state index contributed by atoms with van der Waals surface area (Å²) in [5, 5.41) is 7.65. The van der Waals surface area contributed by atoms with Gasteiger partial charge < -0.3 is 20.1 Å². The van der Waals surface area contributed by atoms with E-state index < -0.39 is 0 Å². The number of guanidine groups is 1. The van der Waals surface area contributed by atoms with Crippen molar-refractivity contribution in [3.63, 3.8) is 0 Å². The van der Waals surface area contributed by atoms with Crippen LogP contribution < -0.4 is 20.1 Å². The second kappa shape index (κ2) is 13.2. The van der Waals surface area contributed by atoms with Crippen LogP contribution in [0.15, 0.2) is 47.6 Å². The lowest BCUT2D eigenvalue weighted by atomic mass is 10.3. The van der Waals surface area contributed by atoms with Gasteiger partial charge in [0.25, 0.3) is 0 Å². The fourth-order valence-corrected chi connectivity index (χ4v) is 3.65. The highest BCUT2D eigenvalue weighted by atomic mass is 127. The van der Waals surface area contributed by atoms with Crippen LogP contribution in [0.3, 0.4) is 0 Å². The number of hydrogen-bond acceptors (Lipinski definition) is 6. The van der Waals surface area contributed by atoms with Crippen LogP contribution in [0.2, 0.25) is 0 Å². The summed E-state index contributed by atoms with van der Waals surface area (Å²) in [5.41, 5.74) is 2.07. The highest BCUT2D eigenvalue weighted by molar-refractivity contribution is 14.0. The van der Waals surface area contributed by atoms with E-state index in [1.165, 1.54) is 4.88 Å². The predicted octanol–water partition coefficient (Wildman–Crippen LogP) is 5.22. The molecule has 0 bridgehead atoms. The Kier molecular flexibility index (Phi) is 10.7. The number of nitrogens with zero attached hydrogens (tertiary/aromatic N) is 3. The molecule has 0 aliphatic heterocycles. The second-order valence-electron chi connectivity index (χ2n) is 6.78. The quantitative estimate of drug-likeness (QED) is 0.210. The Bertz CT molecular complexity index is 988. The van der Waals surface area contributed by atoms with Gasteiger partial charge in [-0.2, -0.15) is 0 Å². The molecule has 2 heterocycles. The number of aliphatic imine (C=N–C) groups is 1. The van der Waals surface area contributed by atoms with Crippen molar-refractivity contribution < 1.29 is 9.47 Å². The molecule has 2 aromatic heterocycles. The molecule has 0 unspecified atom stereocenters. The zero-order chi connectivity index (χ0) is 22.1. The number of aryl methyl sites for hydroxylation is 2. The maximum absolute atomic E-state index is 5.88. The first-order chi connectivity index (χ1) is 15.1. The third-order valence-electron chi connectivity index (χ3n) is 4.40. The van der Waals surface area contributed by atoms with E-state index in [1.54, 1.807) is 17.5 Å². The Morgan fingerprint density at radius 2 is 1.84 bits per heavy atom. The zero-order valence-electron chi connectivity index (χ0n) is 18.8. The van der Waals surface area contributed by atoms with Gasteiger partial charge in [0.2, 0.25) is 5.88 Å². The summed E-state index contributed by atoms with van der Waals surface area (Å²) in [5.74, 6) is 2.61. The lowest BCUT2D eigenvalue weighted by Gasteiger charge is -2.11. The molecule has 1 aromatic carbocycles. The van der Waals surface area contributed by atoms with Gasteiger partial charge in [0, 0.05) is 23.7 Å². The summed E-state index contributed by atoms with van der Waals surface area (Å²) < 4.78 is 11.5. The summed E-state index contributed by atoms with van der Waals surface area (Å²) in [6.07, 6.45) is 1.78. The van der Waals surface area contributed by atoms with Crippen LogP contribution in [0.4, 0.5) is 0 Å². The fraction of sp³-hybridized carbons (Fsp3) is 0.348. The third-order valence-corrected chi connectivity index (χ3v) is 5.48. The average molecular weight is 567 g/mol. The van der Waals surface area contributed by atoms with Crippen LogP contribution >= 0.6 is 35.3 Å².